The number of nitrogens with zero attached hydrogens (tertiary/aromatic N) is 4. The van der Waals surface area contributed by atoms with Crippen molar-refractivity contribution in [3.8, 4) is 5.82 Å². The fourth-order valence-electron chi connectivity index (χ4n) is 3.45. The molecule has 1 aliphatic heterocycles. The van der Waals surface area contributed by atoms with E-state index < -0.39 is 10.0 Å². The van der Waals surface area contributed by atoms with Crippen molar-refractivity contribution in [1.29, 1.82) is 0 Å². The van der Waals surface area contributed by atoms with E-state index in [-0.39, 0.29) is 18.4 Å². The van der Waals surface area contributed by atoms with Crippen molar-refractivity contribution in [3.05, 3.63) is 48.9 Å². The summed E-state index contributed by atoms with van der Waals surface area (Å²) in [6.45, 7) is 0.689. The predicted octanol–water partition coefficient (Wildman–Crippen LogP) is 2.03. The Balaban J connectivity index is 1.47. The van der Waals surface area contributed by atoms with E-state index in [0.717, 1.165) is 11.0 Å². The number of hydrogen-bond donors (Lipinski definition) is 1. The number of carbonyl (C=O) groups is 1. The quantitative estimate of drug-likeness (QED) is 0.724. The maximum Gasteiger partial charge on any atom is 0.228 e. The van der Waals surface area contributed by atoms with E-state index >= 15 is 0 Å². The lowest BCUT2D eigenvalue weighted by atomic mass is 9.99. The lowest BCUT2D eigenvalue weighted by Gasteiger charge is -2.30. The summed E-state index contributed by atoms with van der Waals surface area (Å²) in [5.41, 5.74) is 2.42. The van der Waals surface area contributed by atoms with Crippen LogP contribution in [0.25, 0.3) is 16.9 Å². The van der Waals surface area contributed by atoms with Crippen LogP contribution >= 0.6 is 0 Å². The molecule has 1 unspecified atom stereocenters. The first kappa shape index (κ1) is 18.6. The van der Waals surface area contributed by atoms with E-state index in [1.165, 1.54) is 10.6 Å². The number of para-hydroxylation sites is 2. The third-order valence-corrected chi connectivity index (χ3v) is 6.21. The SMILES string of the molecule is CS(=O)(=O)N1CCCC(C(=O)Nc2ccc(-n3cnc4ccccc43)nc2)C1. The van der Waals surface area contributed by atoms with Gasteiger partial charge in [-0.15, -0.1) is 0 Å². The molecule has 1 saturated heterocycles. The number of nitrogens with one attached hydrogen (secondary N) is 1. The van der Waals surface area contributed by atoms with Crippen LogP contribution in [-0.4, -0.2) is 52.5 Å². The highest BCUT2D eigenvalue weighted by Gasteiger charge is 2.30. The van der Waals surface area contributed by atoms with Gasteiger partial charge in [0.25, 0.3) is 0 Å². The van der Waals surface area contributed by atoms with Crippen LogP contribution in [0.1, 0.15) is 12.8 Å². The summed E-state index contributed by atoms with van der Waals surface area (Å²) in [4.78, 5) is 21.3. The Morgan fingerprint density at radius 1 is 1.18 bits per heavy atom. The molecule has 9 heteroatoms. The van der Waals surface area contributed by atoms with Crippen molar-refractivity contribution in [2.24, 2.45) is 5.92 Å². The van der Waals surface area contributed by atoms with Gasteiger partial charge >= 0.3 is 0 Å². The van der Waals surface area contributed by atoms with E-state index in [0.29, 0.717) is 30.9 Å². The Morgan fingerprint density at radius 3 is 2.75 bits per heavy atom. The van der Waals surface area contributed by atoms with E-state index in [4.69, 9.17) is 0 Å². The third-order valence-electron chi connectivity index (χ3n) is 4.94. The zero-order valence-corrected chi connectivity index (χ0v) is 16.3. The van der Waals surface area contributed by atoms with Gasteiger partial charge in [0, 0.05) is 13.1 Å². The van der Waals surface area contributed by atoms with Crippen molar-refractivity contribution in [2.75, 3.05) is 24.7 Å². The number of piperidine rings is 1. The first-order valence-electron chi connectivity index (χ1n) is 9.06. The number of pyridine rings is 1. The molecule has 1 atom stereocenters. The first-order chi connectivity index (χ1) is 13.4. The van der Waals surface area contributed by atoms with Gasteiger partial charge in [-0.2, -0.15) is 0 Å². The number of imidazole rings is 1. The van der Waals surface area contributed by atoms with Gasteiger partial charge in [-0.3, -0.25) is 9.36 Å². The summed E-state index contributed by atoms with van der Waals surface area (Å²) in [5, 5.41) is 2.85. The fourth-order valence-corrected chi connectivity index (χ4v) is 4.36. The molecule has 1 fully saturated rings. The van der Waals surface area contributed by atoms with Crippen LogP contribution < -0.4 is 5.32 Å². The van der Waals surface area contributed by atoms with Gasteiger partial charge < -0.3 is 5.32 Å². The number of fused-ring (bicyclic) bond motifs is 1. The van der Waals surface area contributed by atoms with Crippen LogP contribution in [0, 0.1) is 5.92 Å². The van der Waals surface area contributed by atoms with Gasteiger partial charge in [0.15, 0.2) is 0 Å². The molecule has 0 spiro atoms. The number of anilines is 1. The number of sulfonamides is 1. The summed E-state index contributed by atoms with van der Waals surface area (Å²) >= 11 is 0. The molecule has 146 valence electrons. The predicted molar refractivity (Wildman–Crippen MR) is 107 cm³/mol. The summed E-state index contributed by atoms with van der Waals surface area (Å²) in [6.07, 6.45) is 5.84. The topological polar surface area (TPSA) is 97.2 Å². The van der Waals surface area contributed by atoms with Gasteiger partial charge in [-0.1, -0.05) is 12.1 Å². The molecule has 3 heterocycles. The van der Waals surface area contributed by atoms with Crippen LogP contribution in [0.3, 0.4) is 0 Å². The minimum Gasteiger partial charge on any atom is -0.324 e. The van der Waals surface area contributed by atoms with Crippen molar-refractivity contribution in [2.45, 2.75) is 12.8 Å². The molecule has 1 amide bonds. The second-order valence-electron chi connectivity index (χ2n) is 6.96. The Morgan fingerprint density at radius 2 is 2.00 bits per heavy atom. The van der Waals surface area contributed by atoms with Gasteiger partial charge in [-0.05, 0) is 37.1 Å². The molecule has 1 aliphatic rings. The molecule has 2 aromatic heterocycles. The lowest BCUT2D eigenvalue weighted by molar-refractivity contribution is -0.120. The third kappa shape index (κ3) is 3.76. The number of rotatable bonds is 4. The molecule has 28 heavy (non-hydrogen) atoms. The second kappa shape index (κ2) is 7.33. The average Bonchev–Trinajstić information content (AvgIpc) is 3.12. The molecule has 4 rings (SSSR count). The molecule has 0 radical (unpaired) electrons. The zero-order valence-electron chi connectivity index (χ0n) is 15.4. The largest absolute Gasteiger partial charge is 0.324 e. The van der Waals surface area contributed by atoms with Crippen molar-refractivity contribution < 1.29 is 13.2 Å². The first-order valence-corrected chi connectivity index (χ1v) is 10.9. The molecule has 0 aliphatic carbocycles. The van der Waals surface area contributed by atoms with Crippen LogP contribution in [0.4, 0.5) is 5.69 Å². The summed E-state index contributed by atoms with van der Waals surface area (Å²) in [5.74, 6) is 0.157. The molecular formula is C19H21N5O3S. The van der Waals surface area contributed by atoms with E-state index in [1.54, 1.807) is 18.6 Å². The highest BCUT2D eigenvalue weighted by atomic mass is 32.2. The zero-order chi connectivity index (χ0) is 19.7. The second-order valence-corrected chi connectivity index (χ2v) is 8.94. The Kier molecular flexibility index (Phi) is 4.86. The molecule has 0 saturated carbocycles. The number of carbonyl (C=O) groups excluding carboxylic acids is 1. The van der Waals surface area contributed by atoms with Crippen molar-refractivity contribution >= 4 is 32.7 Å². The molecule has 8 nitrogen and oxygen atoms in total. The van der Waals surface area contributed by atoms with Crippen LogP contribution in [0.2, 0.25) is 0 Å². The minimum absolute atomic E-state index is 0.184. The number of aromatic nitrogens is 3. The van der Waals surface area contributed by atoms with Gasteiger partial charge in [-0.25, -0.2) is 22.7 Å². The maximum atomic E-state index is 12.6. The smallest absolute Gasteiger partial charge is 0.228 e. The van der Waals surface area contributed by atoms with Crippen LogP contribution in [0.5, 0.6) is 0 Å². The Hall–Kier alpha value is -2.78. The molecule has 0 bridgehead atoms. The van der Waals surface area contributed by atoms with Crippen LogP contribution in [-0.2, 0) is 14.8 Å². The average molecular weight is 399 g/mol. The van der Waals surface area contributed by atoms with Crippen molar-refractivity contribution in [3.63, 3.8) is 0 Å². The molecule has 3 aromatic rings. The van der Waals surface area contributed by atoms with E-state index in [9.17, 15) is 13.2 Å². The summed E-state index contributed by atoms with van der Waals surface area (Å²) in [6, 6.07) is 11.4. The molecular weight excluding hydrogens is 378 g/mol. The highest BCUT2D eigenvalue weighted by Crippen LogP contribution is 2.21. The Bertz CT molecular complexity index is 1110. The summed E-state index contributed by atoms with van der Waals surface area (Å²) < 4.78 is 26.7. The fraction of sp³-hybridized carbons (Fsp3) is 0.316. The maximum absolute atomic E-state index is 12.6. The summed E-state index contributed by atoms with van der Waals surface area (Å²) in [7, 11) is -3.28. The van der Waals surface area contributed by atoms with Gasteiger partial charge in [0.1, 0.15) is 12.1 Å². The number of benzene rings is 1. The molecule has 1 N–H and O–H groups in total. The normalized spacial score (nSPS) is 18.2. The number of amides is 1. The number of hydrogen-bond acceptors (Lipinski definition) is 5. The van der Waals surface area contributed by atoms with Crippen LogP contribution in [0.15, 0.2) is 48.9 Å². The Labute approximate surface area is 163 Å². The highest BCUT2D eigenvalue weighted by molar-refractivity contribution is 7.88. The van der Waals surface area contributed by atoms with Crippen molar-refractivity contribution in [1.82, 2.24) is 18.8 Å². The monoisotopic (exact) mass is 399 g/mol. The van der Waals surface area contributed by atoms with E-state index in [1.807, 2.05) is 34.9 Å². The van der Waals surface area contributed by atoms with E-state index in [2.05, 4.69) is 15.3 Å². The lowest BCUT2D eigenvalue weighted by Crippen LogP contribution is -2.43. The minimum atomic E-state index is -3.28. The standard InChI is InChI=1S/C19H21N5O3S/c1-28(26,27)23-10-4-5-14(12-23)19(25)22-15-8-9-18(20-11-15)24-13-21-16-6-2-3-7-17(16)24/h2-3,6-9,11,13-14H,4-5,10,12H2,1H3,(H,22,25). The molecule has 1 aromatic carbocycles. The van der Waals surface area contributed by atoms with Gasteiger partial charge in [0.2, 0.25) is 15.9 Å². The van der Waals surface area contributed by atoms with Gasteiger partial charge in [0.05, 0.1) is 35.1 Å².